The second-order valence-corrected chi connectivity index (χ2v) is 4.68. The van der Waals surface area contributed by atoms with Crippen LogP contribution in [0.25, 0.3) is 0 Å². The van der Waals surface area contributed by atoms with E-state index in [9.17, 15) is 4.79 Å². The Hall–Kier alpha value is -2.50. The van der Waals surface area contributed by atoms with Gasteiger partial charge in [-0.15, -0.1) is 0 Å². The Bertz CT molecular complexity index is 569. The molecular formula is C15H19N3O3. The van der Waals surface area contributed by atoms with Crippen LogP contribution in [0.15, 0.2) is 41.1 Å². The van der Waals surface area contributed by atoms with Crippen LogP contribution in [0.4, 0.5) is 4.79 Å². The molecule has 2 aromatic heterocycles. The summed E-state index contributed by atoms with van der Waals surface area (Å²) in [5.41, 5.74) is 0.828. The first-order chi connectivity index (χ1) is 10.2. The van der Waals surface area contributed by atoms with E-state index in [4.69, 9.17) is 9.15 Å². The van der Waals surface area contributed by atoms with Crippen molar-refractivity contribution < 1.29 is 13.9 Å². The van der Waals surface area contributed by atoms with Crippen LogP contribution >= 0.6 is 0 Å². The topological polar surface area (TPSA) is 76.4 Å². The molecule has 2 amide bonds. The maximum Gasteiger partial charge on any atom is 0.315 e. The molecule has 112 valence electrons. The Kier molecular flexibility index (Phi) is 5.20. The molecule has 0 saturated carbocycles. The van der Waals surface area contributed by atoms with E-state index in [-0.39, 0.29) is 12.1 Å². The van der Waals surface area contributed by atoms with Crippen molar-refractivity contribution in [2.45, 2.75) is 25.9 Å². The molecule has 0 radical (unpaired) electrons. The normalized spacial score (nSPS) is 11.7. The van der Waals surface area contributed by atoms with E-state index in [1.165, 1.54) is 0 Å². The second-order valence-electron chi connectivity index (χ2n) is 4.68. The molecule has 0 unspecified atom stereocenters. The highest BCUT2D eigenvalue weighted by atomic mass is 16.5. The molecule has 0 fully saturated rings. The lowest BCUT2D eigenvalue weighted by atomic mass is 10.2. The predicted molar refractivity (Wildman–Crippen MR) is 78.0 cm³/mol. The summed E-state index contributed by atoms with van der Waals surface area (Å²) in [5.74, 6) is 1.36. The fourth-order valence-corrected chi connectivity index (χ4v) is 1.97. The molecule has 6 heteroatoms. The largest absolute Gasteiger partial charge is 0.481 e. The predicted octanol–water partition coefficient (Wildman–Crippen LogP) is 2.11. The molecule has 21 heavy (non-hydrogen) atoms. The molecule has 0 saturated heterocycles. The summed E-state index contributed by atoms with van der Waals surface area (Å²) in [7, 11) is 1.55. The average molecular weight is 289 g/mol. The van der Waals surface area contributed by atoms with Crippen molar-refractivity contribution in [3.63, 3.8) is 0 Å². The SMILES string of the molecule is COc1ncccc1CNC(=O)N[C@@H](C)Cc1ccco1. The zero-order valence-electron chi connectivity index (χ0n) is 12.1. The Morgan fingerprint density at radius 1 is 1.43 bits per heavy atom. The number of amides is 2. The summed E-state index contributed by atoms with van der Waals surface area (Å²) in [4.78, 5) is 15.9. The maximum atomic E-state index is 11.8. The molecule has 0 aliphatic heterocycles. The van der Waals surface area contributed by atoms with Gasteiger partial charge >= 0.3 is 6.03 Å². The van der Waals surface area contributed by atoms with Gasteiger partial charge in [-0.1, -0.05) is 6.07 Å². The van der Waals surface area contributed by atoms with Crippen molar-refractivity contribution in [1.82, 2.24) is 15.6 Å². The third kappa shape index (κ3) is 4.52. The van der Waals surface area contributed by atoms with Crippen LogP contribution in [-0.4, -0.2) is 24.2 Å². The number of carbonyl (C=O) groups is 1. The van der Waals surface area contributed by atoms with Crippen LogP contribution in [0.1, 0.15) is 18.2 Å². The molecule has 2 aromatic rings. The van der Waals surface area contributed by atoms with Crippen molar-refractivity contribution in [3.8, 4) is 5.88 Å². The molecule has 0 aliphatic rings. The number of methoxy groups -OCH3 is 1. The third-order valence-corrected chi connectivity index (χ3v) is 2.95. The van der Waals surface area contributed by atoms with Crippen LogP contribution < -0.4 is 15.4 Å². The van der Waals surface area contributed by atoms with Gasteiger partial charge in [0.1, 0.15) is 5.76 Å². The van der Waals surface area contributed by atoms with Crippen molar-refractivity contribution in [2.24, 2.45) is 0 Å². The summed E-state index contributed by atoms with van der Waals surface area (Å²) >= 11 is 0. The van der Waals surface area contributed by atoms with Gasteiger partial charge in [-0.05, 0) is 25.1 Å². The zero-order valence-corrected chi connectivity index (χ0v) is 12.1. The van der Waals surface area contributed by atoms with Crippen molar-refractivity contribution >= 4 is 6.03 Å². The standard InChI is InChI=1S/C15H19N3O3/c1-11(9-13-6-4-8-21-13)18-15(19)17-10-12-5-3-7-16-14(12)20-2/h3-8,11H,9-10H2,1-2H3,(H2,17,18,19)/t11-/m0/s1. The molecule has 6 nitrogen and oxygen atoms in total. The highest BCUT2D eigenvalue weighted by molar-refractivity contribution is 5.74. The molecule has 0 aliphatic carbocycles. The monoisotopic (exact) mass is 289 g/mol. The fourth-order valence-electron chi connectivity index (χ4n) is 1.97. The van der Waals surface area contributed by atoms with Gasteiger partial charge in [0.2, 0.25) is 5.88 Å². The first kappa shape index (κ1) is 14.9. The van der Waals surface area contributed by atoms with Crippen LogP contribution in [0.5, 0.6) is 5.88 Å². The lowest BCUT2D eigenvalue weighted by Gasteiger charge is -2.14. The molecule has 1 atom stereocenters. The van der Waals surface area contributed by atoms with E-state index in [2.05, 4.69) is 15.6 Å². The van der Waals surface area contributed by atoms with E-state index in [1.807, 2.05) is 25.1 Å². The number of hydrogen-bond donors (Lipinski definition) is 2. The number of aromatic nitrogens is 1. The van der Waals surface area contributed by atoms with Gasteiger partial charge in [0, 0.05) is 30.8 Å². The van der Waals surface area contributed by atoms with Crippen LogP contribution in [0.2, 0.25) is 0 Å². The Balaban J connectivity index is 1.79. The summed E-state index contributed by atoms with van der Waals surface area (Å²) in [6.45, 7) is 2.28. The van der Waals surface area contributed by atoms with E-state index in [0.29, 0.717) is 18.8 Å². The summed E-state index contributed by atoms with van der Waals surface area (Å²) in [5, 5.41) is 5.64. The first-order valence-corrected chi connectivity index (χ1v) is 6.73. The number of urea groups is 1. The Labute approximate surface area is 123 Å². The minimum absolute atomic E-state index is 0.0213. The summed E-state index contributed by atoms with van der Waals surface area (Å²) < 4.78 is 10.4. The highest BCUT2D eigenvalue weighted by Crippen LogP contribution is 2.12. The molecule has 2 rings (SSSR count). The number of nitrogens with one attached hydrogen (secondary N) is 2. The number of nitrogens with zero attached hydrogens (tertiary/aromatic N) is 1. The average Bonchev–Trinajstić information content (AvgIpc) is 2.98. The van der Waals surface area contributed by atoms with E-state index in [0.717, 1.165) is 11.3 Å². The minimum atomic E-state index is -0.236. The molecule has 2 heterocycles. The Morgan fingerprint density at radius 3 is 3.00 bits per heavy atom. The quantitative estimate of drug-likeness (QED) is 0.854. The van der Waals surface area contributed by atoms with E-state index < -0.39 is 0 Å². The Morgan fingerprint density at radius 2 is 2.29 bits per heavy atom. The molecule has 0 aromatic carbocycles. The minimum Gasteiger partial charge on any atom is -0.481 e. The lowest BCUT2D eigenvalue weighted by Crippen LogP contribution is -2.41. The van der Waals surface area contributed by atoms with E-state index in [1.54, 1.807) is 25.6 Å². The van der Waals surface area contributed by atoms with Gasteiger partial charge in [-0.3, -0.25) is 0 Å². The first-order valence-electron chi connectivity index (χ1n) is 6.73. The highest BCUT2D eigenvalue weighted by Gasteiger charge is 2.10. The zero-order chi connectivity index (χ0) is 15.1. The second kappa shape index (κ2) is 7.33. The number of furan rings is 1. The van der Waals surface area contributed by atoms with Gasteiger partial charge in [-0.25, -0.2) is 9.78 Å². The van der Waals surface area contributed by atoms with Gasteiger partial charge in [0.25, 0.3) is 0 Å². The van der Waals surface area contributed by atoms with Crippen molar-refractivity contribution in [1.29, 1.82) is 0 Å². The molecule has 0 spiro atoms. The summed E-state index contributed by atoms with van der Waals surface area (Å²) in [6, 6.07) is 7.12. The number of ether oxygens (including phenoxy) is 1. The maximum absolute atomic E-state index is 11.8. The van der Waals surface area contributed by atoms with Gasteiger partial charge in [-0.2, -0.15) is 0 Å². The third-order valence-electron chi connectivity index (χ3n) is 2.95. The number of hydrogen-bond acceptors (Lipinski definition) is 4. The molecule has 2 N–H and O–H groups in total. The van der Waals surface area contributed by atoms with Crippen LogP contribution in [0.3, 0.4) is 0 Å². The van der Waals surface area contributed by atoms with Gasteiger partial charge in [0.15, 0.2) is 0 Å². The number of carbonyl (C=O) groups excluding carboxylic acids is 1. The van der Waals surface area contributed by atoms with E-state index >= 15 is 0 Å². The van der Waals surface area contributed by atoms with Gasteiger partial charge < -0.3 is 19.8 Å². The van der Waals surface area contributed by atoms with Crippen LogP contribution in [-0.2, 0) is 13.0 Å². The lowest BCUT2D eigenvalue weighted by molar-refractivity contribution is 0.236. The summed E-state index contributed by atoms with van der Waals surface area (Å²) in [6.07, 6.45) is 3.92. The van der Waals surface area contributed by atoms with Crippen molar-refractivity contribution in [2.75, 3.05) is 7.11 Å². The smallest absolute Gasteiger partial charge is 0.315 e. The molecular weight excluding hydrogens is 270 g/mol. The molecule has 0 bridgehead atoms. The van der Waals surface area contributed by atoms with Crippen LogP contribution in [0, 0.1) is 0 Å². The fraction of sp³-hybridized carbons (Fsp3) is 0.333. The van der Waals surface area contributed by atoms with Gasteiger partial charge in [0.05, 0.1) is 13.4 Å². The number of rotatable bonds is 6. The van der Waals surface area contributed by atoms with Crippen molar-refractivity contribution in [3.05, 3.63) is 48.0 Å². The number of pyridine rings is 1.